The Morgan fingerprint density at radius 1 is 1.33 bits per heavy atom. The average molecular weight is 271 g/mol. The summed E-state index contributed by atoms with van der Waals surface area (Å²) in [6.45, 7) is 1.93. The van der Waals surface area contributed by atoms with Crippen molar-refractivity contribution >= 4 is 23.2 Å². The van der Waals surface area contributed by atoms with Crippen LogP contribution in [0.3, 0.4) is 0 Å². The highest BCUT2D eigenvalue weighted by Crippen LogP contribution is 2.22. The lowest BCUT2D eigenvalue weighted by Gasteiger charge is -2.26. The van der Waals surface area contributed by atoms with E-state index in [-0.39, 0.29) is 22.2 Å². The van der Waals surface area contributed by atoms with Crippen molar-refractivity contribution in [2.75, 3.05) is 26.3 Å². The zero-order chi connectivity index (χ0) is 13.1. The van der Waals surface area contributed by atoms with Crippen LogP contribution in [0.15, 0.2) is 18.2 Å². The molecule has 1 heterocycles. The Bertz CT molecular complexity index is 486. The Morgan fingerprint density at radius 3 is 2.61 bits per heavy atom. The second kappa shape index (κ2) is 5.32. The van der Waals surface area contributed by atoms with Crippen molar-refractivity contribution in [2.24, 2.45) is 0 Å². The number of carbonyl (C=O) groups excluding carboxylic acids is 1. The zero-order valence-electron chi connectivity index (χ0n) is 9.47. The van der Waals surface area contributed by atoms with E-state index in [0.717, 1.165) is 0 Å². The van der Waals surface area contributed by atoms with Crippen molar-refractivity contribution in [3.8, 4) is 0 Å². The molecular formula is C11H11ClN2O4. The number of non-ortho nitro benzene ring substituents is 1. The zero-order valence-corrected chi connectivity index (χ0v) is 10.2. The Hall–Kier alpha value is -1.66. The summed E-state index contributed by atoms with van der Waals surface area (Å²) in [7, 11) is 0. The fraction of sp³-hybridized carbons (Fsp3) is 0.364. The standard InChI is InChI=1S/C11H11ClN2O4/c12-9-5-8(6-10(7-9)14(16)17)11(15)13-1-3-18-4-2-13/h5-7H,1-4H2. The Morgan fingerprint density at radius 2 is 2.00 bits per heavy atom. The predicted molar refractivity (Wildman–Crippen MR) is 64.8 cm³/mol. The van der Waals surface area contributed by atoms with Gasteiger partial charge in [0, 0.05) is 35.8 Å². The number of ether oxygens (including phenoxy) is 1. The van der Waals surface area contributed by atoms with E-state index < -0.39 is 4.92 Å². The Kier molecular flexibility index (Phi) is 3.78. The van der Waals surface area contributed by atoms with Gasteiger partial charge in [0.05, 0.1) is 18.1 Å². The molecule has 1 fully saturated rings. The molecule has 0 saturated carbocycles. The maximum Gasteiger partial charge on any atom is 0.271 e. The van der Waals surface area contributed by atoms with Crippen LogP contribution in [-0.4, -0.2) is 42.0 Å². The van der Waals surface area contributed by atoms with Crippen LogP contribution in [0.5, 0.6) is 0 Å². The van der Waals surface area contributed by atoms with Crippen molar-refractivity contribution in [2.45, 2.75) is 0 Å². The number of carbonyl (C=O) groups is 1. The van der Waals surface area contributed by atoms with Crippen molar-refractivity contribution in [1.82, 2.24) is 4.90 Å². The van der Waals surface area contributed by atoms with Crippen LogP contribution in [0, 0.1) is 10.1 Å². The molecule has 18 heavy (non-hydrogen) atoms. The SMILES string of the molecule is O=C(c1cc(Cl)cc([N+](=O)[O-])c1)N1CCOCC1. The van der Waals surface area contributed by atoms with Crippen molar-refractivity contribution in [3.05, 3.63) is 38.9 Å². The van der Waals surface area contributed by atoms with Gasteiger partial charge in [-0.3, -0.25) is 14.9 Å². The monoisotopic (exact) mass is 270 g/mol. The molecule has 1 aliphatic rings. The summed E-state index contributed by atoms with van der Waals surface area (Å²) in [5.41, 5.74) is 0.0511. The number of amides is 1. The van der Waals surface area contributed by atoms with Gasteiger partial charge in [-0.05, 0) is 6.07 Å². The highest BCUT2D eigenvalue weighted by Gasteiger charge is 2.21. The van der Waals surface area contributed by atoms with E-state index in [1.165, 1.54) is 18.2 Å². The number of rotatable bonds is 2. The quantitative estimate of drug-likeness (QED) is 0.606. The Labute approximate surface area is 108 Å². The molecule has 7 heteroatoms. The number of hydrogen-bond donors (Lipinski definition) is 0. The molecule has 6 nitrogen and oxygen atoms in total. The van der Waals surface area contributed by atoms with Gasteiger partial charge in [0.15, 0.2) is 0 Å². The molecule has 1 aliphatic heterocycles. The van der Waals surface area contributed by atoms with E-state index in [2.05, 4.69) is 0 Å². The minimum absolute atomic E-state index is 0.181. The molecule has 96 valence electrons. The first kappa shape index (κ1) is 12.8. The summed E-state index contributed by atoms with van der Waals surface area (Å²) >= 11 is 5.78. The highest BCUT2D eigenvalue weighted by atomic mass is 35.5. The molecule has 0 aromatic heterocycles. The summed E-state index contributed by atoms with van der Waals surface area (Å²) in [4.78, 5) is 23.9. The molecular weight excluding hydrogens is 260 g/mol. The molecule has 1 aromatic carbocycles. The normalized spacial score (nSPS) is 15.5. The first-order valence-corrected chi connectivity index (χ1v) is 5.78. The lowest BCUT2D eigenvalue weighted by molar-refractivity contribution is -0.384. The number of nitrogens with zero attached hydrogens (tertiary/aromatic N) is 2. The van der Waals surface area contributed by atoms with E-state index in [1.54, 1.807) is 4.90 Å². The third kappa shape index (κ3) is 2.77. The van der Waals surface area contributed by atoms with Crippen LogP contribution in [-0.2, 0) is 4.74 Å². The van der Waals surface area contributed by atoms with Crippen LogP contribution >= 0.6 is 11.6 Å². The van der Waals surface area contributed by atoms with Gasteiger partial charge >= 0.3 is 0 Å². The first-order chi connectivity index (χ1) is 8.58. The lowest BCUT2D eigenvalue weighted by atomic mass is 10.1. The summed E-state index contributed by atoms with van der Waals surface area (Å²) in [6, 6.07) is 3.90. The number of morpholine rings is 1. The van der Waals surface area contributed by atoms with Crippen LogP contribution in [0.1, 0.15) is 10.4 Å². The maximum atomic E-state index is 12.1. The predicted octanol–water partition coefficient (Wildman–Crippen LogP) is 1.72. The molecule has 1 saturated heterocycles. The largest absolute Gasteiger partial charge is 0.378 e. The fourth-order valence-electron chi connectivity index (χ4n) is 1.75. The molecule has 0 bridgehead atoms. The molecule has 0 radical (unpaired) electrons. The number of halogens is 1. The Balaban J connectivity index is 2.26. The van der Waals surface area contributed by atoms with Gasteiger partial charge in [0.1, 0.15) is 0 Å². The summed E-state index contributed by atoms with van der Waals surface area (Å²) in [5, 5.41) is 10.9. The molecule has 2 rings (SSSR count). The smallest absolute Gasteiger partial charge is 0.271 e. The highest BCUT2D eigenvalue weighted by molar-refractivity contribution is 6.31. The van der Waals surface area contributed by atoms with Crippen molar-refractivity contribution < 1.29 is 14.5 Å². The third-order valence-corrected chi connectivity index (χ3v) is 2.86. The molecule has 0 aliphatic carbocycles. The van der Waals surface area contributed by atoms with Gasteiger partial charge in [-0.1, -0.05) is 11.6 Å². The number of nitro benzene ring substituents is 1. The van der Waals surface area contributed by atoms with Crippen molar-refractivity contribution in [1.29, 1.82) is 0 Å². The van der Waals surface area contributed by atoms with E-state index in [9.17, 15) is 14.9 Å². The molecule has 0 atom stereocenters. The topological polar surface area (TPSA) is 72.7 Å². The number of benzene rings is 1. The maximum absolute atomic E-state index is 12.1. The summed E-state index contributed by atoms with van der Waals surface area (Å²) in [5.74, 6) is -0.260. The molecule has 0 spiro atoms. The van der Waals surface area contributed by atoms with Crippen LogP contribution in [0.4, 0.5) is 5.69 Å². The van der Waals surface area contributed by atoms with Gasteiger partial charge in [0.2, 0.25) is 0 Å². The first-order valence-electron chi connectivity index (χ1n) is 5.40. The van der Waals surface area contributed by atoms with Crippen LogP contribution in [0.25, 0.3) is 0 Å². The van der Waals surface area contributed by atoms with Gasteiger partial charge in [0.25, 0.3) is 11.6 Å². The molecule has 1 aromatic rings. The van der Waals surface area contributed by atoms with Crippen LogP contribution in [0.2, 0.25) is 5.02 Å². The second-order valence-electron chi connectivity index (χ2n) is 3.86. The van der Waals surface area contributed by atoms with Crippen molar-refractivity contribution in [3.63, 3.8) is 0 Å². The van der Waals surface area contributed by atoms with Crippen LogP contribution < -0.4 is 0 Å². The molecule has 1 amide bonds. The lowest BCUT2D eigenvalue weighted by Crippen LogP contribution is -2.40. The van der Waals surface area contributed by atoms with E-state index in [0.29, 0.717) is 26.3 Å². The minimum atomic E-state index is -0.567. The molecule has 0 unspecified atom stereocenters. The van der Waals surface area contributed by atoms with E-state index >= 15 is 0 Å². The van der Waals surface area contributed by atoms with Gasteiger partial charge in [-0.2, -0.15) is 0 Å². The van der Waals surface area contributed by atoms with E-state index in [4.69, 9.17) is 16.3 Å². The summed E-state index contributed by atoms with van der Waals surface area (Å²) < 4.78 is 5.14. The average Bonchev–Trinajstić information content (AvgIpc) is 2.38. The van der Waals surface area contributed by atoms with Gasteiger partial charge < -0.3 is 9.64 Å². The molecule has 0 N–H and O–H groups in total. The second-order valence-corrected chi connectivity index (χ2v) is 4.30. The third-order valence-electron chi connectivity index (χ3n) is 2.64. The minimum Gasteiger partial charge on any atom is -0.378 e. The van der Waals surface area contributed by atoms with Gasteiger partial charge in [-0.15, -0.1) is 0 Å². The fourth-order valence-corrected chi connectivity index (χ4v) is 1.98. The van der Waals surface area contributed by atoms with E-state index in [1.807, 2.05) is 0 Å². The van der Waals surface area contributed by atoms with Gasteiger partial charge in [-0.25, -0.2) is 0 Å². The number of hydrogen-bond acceptors (Lipinski definition) is 4. The number of nitro groups is 1. The summed E-state index contributed by atoms with van der Waals surface area (Å²) in [6.07, 6.45) is 0.